The van der Waals surface area contributed by atoms with E-state index >= 15 is 0 Å². The predicted octanol–water partition coefficient (Wildman–Crippen LogP) is 3.50. The molecule has 0 aliphatic carbocycles. The zero-order chi connectivity index (χ0) is 19.6. The molecule has 1 fully saturated rings. The number of carbonyl (C=O) groups is 2. The van der Waals surface area contributed by atoms with Crippen LogP contribution in [0.4, 0.5) is 4.79 Å². The molecule has 2 aromatic carbocycles. The molecule has 27 heavy (non-hydrogen) atoms. The third kappa shape index (κ3) is 3.71. The predicted molar refractivity (Wildman–Crippen MR) is 102 cm³/mol. The van der Waals surface area contributed by atoms with Crippen LogP contribution in [0.2, 0.25) is 5.02 Å². The maximum absolute atomic E-state index is 12.9. The van der Waals surface area contributed by atoms with Crippen LogP contribution in [0.5, 0.6) is 11.5 Å². The first-order valence-electron chi connectivity index (χ1n) is 8.53. The van der Waals surface area contributed by atoms with E-state index in [9.17, 15) is 9.59 Å². The molecule has 1 heterocycles. The Labute approximate surface area is 163 Å². The van der Waals surface area contributed by atoms with Crippen LogP contribution >= 0.6 is 11.6 Å². The zero-order valence-corrected chi connectivity index (χ0v) is 16.2. The highest BCUT2D eigenvalue weighted by Gasteiger charge is 2.48. The molecule has 1 N–H and O–H groups in total. The highest BCUT2D eigenvalue weighted by atomic mass is 35.5. The minimum absolute atomic E-state index is 0.151. The summed E-state index contributed by atoms with van der Waals surface area (Å²) in [5, 5.41) is 3.40. The van der Waals surface area contributed by atoms with Crippen LogP contribution in [0.1, 0.15) is 18.1 Å². The topological polar surface area (TPSA) is 67.9 Å². The van der Waals surface area contributed by atoms with Gasteiger partial charge in [0.25, 0.3) is 5.91 Å². The van der Waals surface area contributed by atoms with Crippen molar-refractivity contribution in [3.63, 3.8) is 0 Å². The number of ether oxygens (including phenoxy) is 2. The van der Waals surface area contributed by atoms with Crippen molar-refractivity contribution in [2.45, 2.75) is 19.4 Å². The second kappa shape index (κ2) is 7.48. The number of nitrogens with zero attached hydrogens (tertiary/aromatic N) is 1. The van der Waals surface area contributed by atoms with Crippen molar-refractivity contribution >= 4 is 23.5 Å². The molecule has 0 radical (unpaired) electrons. The van der Waals surface area contributed by atoms with Gasteiger partial charge >= 0.3 is 6.03 Å². The van der Waals surface area contributed by atoms with Gasteiger partial charge in [-0.1, -0.05) is 17.7 Å². The van der Waals surface area contributed by atoms with Crippen molar-refractivity contribution < 1.29 is 19.1 Å². The van der Waals surface area contributed by atoms with Gasteiger partial charge in [-0.25, -0.2) is 4.79 Å². The lowest BCUT2D eigenvalue weighted by Gasteiger charge is -2.23. The number of urea groups is 1. The lowest BCUT2D eigenvalue weighted by Crippen LogP contribution is -2.41. The molecular weight excluding hydrogens is 368 g/mol. The van der Waals surface area contributed by atoms with Crippen LogP contribution in [-0.4, -0.2) is 37.1 Å². The summed E-state index contributed by atoms with van der Waals surface area (Å²) in [4.78, 5) is 26.5. The van der Waals surface area contributed by atoms with E-state index in [-0.39, 0.29) is 19.1 Å². The van der Waals surface area contributed by atoms with E-state index in [0.29, 0.717) is 16.3 Å². The quantitative estimate of drug-likeness (QED) is 0.769. The second-order valence-electron chi connectivity index (χ2n) is 6.50. The molecule has 6 nitrogen and oxygen atoms in total. The Morgan fingerprint density at radius 1 is 1.15 bits per heavy atom. The van der Waals surface area contributed by atoms with E-state index in [1.807, 2.05) is 13.0 Å². The lowest BCUT2D eigenvalue weighted by molar-refractivity contribution is -0.131. The molecule has 1 aliphatic rings. The Bertz CT molecular complexity index is 869. The van der Waals surface area contributed by atoms with Crippen molar-refractivity contribution in [1.82, 2.24) is 10.2 Å². The molecule has 1 atom stereocenters. The van der Waals surface area contributed by atoms with E-state index in [4.69, 9.17) is 21.1 Å². The van der Waals surface area contributed by atoms with Gasteiger partial charge in [0.2, 0.25) is 0 Å². The number of carbonyl (C=O) groups excluding carboxylic acids is 2. The van der Waals surface area contributed by atoms with Crippen LogP contribution < -0.4 is 14.8 Å². The molecule has 0 saturated carbocycles. The minimum Gasteiger partial charge on any atom is -0.496 e. The summed E-state index contributed by atoms with van der Waals surface area (Å²) in [6, 6.07) is 11.9. The summed E-state index contributed by atoms with van der Waals surface area (Å²) >= 11 is 5.84. The number of hydrogen-bond donors (Lipinski definition) is 1. The summed E-state index contributed by atoms with van der Waals surface area (Å²) in [5.74, 6) is 1.05. The van der Waals surface area contributed by atoms with Gasteiger partial charge in [-0.15, -0.1) is 0 Å². The van der Waals surface area contributed by atoms with Gasteiger partial charge in [-0.3, -0.25) is 9.69 Å². The van der Waals surface area contributed by atoms with Crippen molar-refractivity contribution in [1.29, 1.82) is 0 Å². The first kappa shape index (κ1) is 19.0. The van der Waals surface area contributed by atoms with Crippen molar-refractivity contribution in [2.24, 2.45) is 0 Å². The molecule has 3 rings (SSSR count). The normalized spacial score (nSPS) is 19.2. The van der Waals surface area contributed by atoms with Gasteiger partial charge in [-0.2, -0.15) is 0 Å². The number of nitrogens with one attached hydrogen (secondary N) is 1. The molecule has 1 aliphatic heterocycles. The van der Waals surface area contributed by atoms with Crippen molar-refractivity contribution in [3.05, 3.63) is 58.6 Å². The number of benzene rings is 2. The summed E-state index contributed by atoms with van der Waals surface area (Å²) in [7, 11) is 1.59. The lowest BCUT2D eigenvalue weighted by atomic mass is 9.90. The molecule has 7 heteroatoms. The summed E-state index contributed by atoms with van der Waals surface area (Å²) in [5.41, 5.74) is 0.483. The molecule has 3 amide bonds. The number of aryl methyl sites for hydroxylation is 1. The van der Waals surface area contributed by atoms with Crippen LogP contribution in [0.15, 0.2) is 42.5 Å². The third-order valence-electron chi connectivity index (χ3n) is 4.64. The van der Waals surface area contributed by atoms with Crippen LogP contribution in [0.25, 0.3) is 0 Å². The fraction of sp³-hybridized carbons (Fsp3) is 0.300. The van der Waals surface area contributed by atoms with Gasteiger partial charge in [0.15, 0.2) is 0 Å². The Morgan fingerprint density at radius 2 is 1.85 bits per heavy atom. The Morgan fingerprint density at radius 3 is 2.48 bits per heavy atom. The van der Waals surface area contributed by atoms with Crippen LogP contribution in [-0.2, 0) is 10.3 Å². The molecular formula is C20H21ClN2O4. The number of amides is 3. The van der Waals surface area contributed by atoms with Gasteiger partial charge in [0, 0.05) is 5.02 Å². The molecule has 0 bridgehead atoms. The Balaban J connectivity index is 1.70. The average molecular weight is 389 g/mol. The zero-order valence-electron chi connectivity index (χ0n) is 15.4. The number of methoxy groups -OCH3 is 1. The number of halogens is 1. The average Bonchev–Trinajstić information content (AvgIpc) is 2.87. The van der Waals surface area contributed by atoms with E-state index in [0.717, 1.165) is 11.3 Å². The van der Waals surface area contributed by atoms with E-state index in [1.165, 1.54) is 4.90 Å². The highest BCUT2D eigenvalue weighted by molar-refractivity contribution is 6.30. The standard InChI is InChI=1S/C20H21ClN2O4/c1-13-12-14(4-9-17(13)26-3)20(2)18(24)23(19(25)22-20)10-11-27-16-7-5-15(21)6-8-16/h4-9,12H,10-11H2,1-3H3,(H,22,25). The maximum Gasteiger partial charge on any atom is 0.325 e. The largest absolute Gasteiger partial charge is 0.496 e. The van der Waals surface area contributed by atoms with Gasteiger partial charge in [0.1, 0.15) is 23.6 Å². The number of hydrogen-bond acceptors (Lipinski definition) is 4. The molecule has 2 aromatic rings. The molecule has 1 saturated heterocycles. The summed E-state index contributed by atoms with van der Waals surface area (Å²) in [6.07, 6.45) is 0. The van der Waals surface area contributed by atoms with E-state index < -0.39 is 11.6 Å². The van der Waals surface area contributed by atoms with Gasteiger partial charge in [-0.05, 0) is 61.4 Å². The Kier molecular flexibility index (Phi) is 5.28. The SMILES string of the molecule is COc1ccc(C2(C)NC(=O)N(CCOc3ccc(Cl)cc3)C2=O)cc1C. The monoisotopic (exact) mass is 388 g/mol. The first-order valence-corrected chi connectivity index (χ1v) is 8.90. The van der Waals surface area contributed by atoms with E-state index in [2.05, 4.69) is 5.32 Å². The Hall–Kier alpha value is -2.73. The smallest absolute Gasteiger partial charge is 0.325 e. The van der Waals surface area contributed by atoms with Crippen LogP contribution in [0.3, 0.4) is 0 Å². The molecule has 1 unspecified atom stereocenters. The number of imide groups is 1. The molecule has 142 valence electrons. The second-order valence-corrected chi connectivity index (χ2v) is 6.94. The van der Waals surface area contributed by atoms with Crippen LogP contribution in [0, 0.1) is 6.92 Å². The fourth-order valence-corrected chi connectivity index (χ4v) is 3.20. The summed E-state index contributed by atoms with van der Waals surface area (Å²) in [6.45, 7) is 3.94. The van der Waals surface area contributed by atoms with Gasteiger partial charge in [0.05, 0.1) is 13.7 Å². The molecule has 0 spiro atoms. The van der Waals surface area contributed by atoms with Crippen molar-refractivity contribution in [2.75, 3.05) is 20.3 Å². The molecule has 0 aromatic heterocycles. The first-order chi connectivity index (χ1) is 12.8. The number of rotatable bonds is 6. The fourth-order valence-electron chi connectivity index (χ4n) is 3.07. The summed E-state index contributed by atoms with van der Waals surface area (Å²) < 4.78 is 10.9. The minimum atomic E-state index is -1.12. The van der Waals surface area contributed by atoms with Crippen molar-refractivity contribution in [3.8, 4) is 11.5 Å². The van der Waals surface area contributed by atoms with E-state index in [1.54, 1.807) is 50.4 Å². The third-order valence-corrected chi connectivity index (χ3v) is 4.90. The maximum atomic E-state index is 12.9. The van der Waals surface area contributed by atoms with Gasteiger partial charge < -0.3 is 14.8 Å². The highest BCUT2D eigenvalue weighted by Crippen LogP contribution is 2.31.